The Morgan fingerprint density at radius 1 is 1.35 bits per heavy atom. The lowest BCUT2D eigenvalue weighted by Gasteiger charge is -2.41. The highest BCUT2D eigenvalue weighted by Crippen LogP contribution is 2.43. The highest BCUT2D eigenvalue weighted by molar-refractivity contribution is 7.89. The van der Waals surface area contributed by atoms with Crippen LogP contribution in [0.1, 0.15) is 18.4 Å². The van der Waals surface area contributed by atoms with Gasteiger partial charge in [0.15, 0.2) is 0 Å². The summed E-state index contributed by atoms with van der Waals surface area (Å²) in [7, 11) is -3.90. The Bertz CT molecular complexity index is 1150. The van der Waals surface area contributed by atoms with Crippen LogP contribution >= 0.6 is 11.6 Å². The van der Waals surface area contributed by atoms with Crippen LogP contribution in [0, 0.1) is 17.8 Å². The minimum atomic E-state index is -4.62. The molecule has 2 unspecified atom stereocenters. The van der Waals surface area contributed by atoms with Gasteiger partial charge in [-0.05, 0) is 36.5 Å². The van der Waals surface area contributed by atoms with Crippen LogP contribution in [-0.4, -0.2) is 51.1 Å². The summed E-state index contributed by atoms with van der Waals surface area (Å²) in [4.78, 5) is 18.0. The van der Waals surface area contributed by atoms with Crippen molar-refractivity contribution in [2.45, 2.75) is 24.9 Å². The van der Waals surface area contributed by atoms with E-state index in [1.807, 2.05) is 0 Å². The number of nitrogens with one attached hydrogen (secondary N) is 1. The van der Waals surface area contributed by atoms with Gasteiger partial charge in [-0.2, -0.15) is 13.2 Å². The maximum Gasteiger partial charge on any atom is 0.418 e. The van der Waals surface area contributed by atoms with Gasteiger partial charge in [0.05, 0.1) is 23.4 Å². The molecule has 1 aromatic heterocycles. The molecule has 1 saturated carbocycles. The van der Waals surface area contributed by atoms with Crippen LogP contribution < -0.4 is 9.62 Å². The molecule has 2 aliphatic carbocycles. The van der Waals surface area contributed by atoms with Gasteiger partial charge in [-0.3, -0.25) is 9.52 Å². The number of pyridine rings is 1. The van der Waals surface area contributed by atoms with Gasteiger partial charge < -0.3 is 9.64 Å². The first-order valence-electron chi connectivity index (χ1n) is 10.5. The van der Waals surface area contributed by atoms with E-state index in [4.69, 9.17) is 16.3 Å². The van der Waals surface area contributed by atoms with Crippen LogP contribution in [0.15, 0.2) is 36.1 Å². The monoisotopic (exact) mass is 523 g/mol. The highest BCUT2D eigenvalue weighted by atomic mass is 35.5. The fraction of sp³-hybridized carbons (Fsp3) is 0.524. The Morgan fingerprint density at radius 3 is 2.62 bits per heavy atom. The number of ether oxygens (including phenoxy) is 1. The maximum atomic E-state index is 15.7. The van der Waals surface area contributed by atoms with E-state index in [0.29, 0.717) is 0 Å². The molecule has 186 valence electrons. The molecule has 1 saturated heterocycles. The summed E-state index contributed by atoms with van der Waals surface area (Å²) >= 11 is 5.60. The number of alkyl halides is 4. The SMILES string of the molecule is CS(=O)(=O)NC(=O)C1C=C(C2CC2)C=CC1(F)OCC1CN(c2cc(C(F)(F)F)c(Cl)cn2)C1. The Hall–Kier alpha value is -2.18. The van der Waals surface area contributed by atoms with Crippen LogP contribution in [0.4, 0.5) is 23.4 Å². The number of rotatable bonds is 7. The summed E-state index contributed by atoms with van der Waals surface area (Å²) in [5.41, 5.74) is -0.235. The molecule has 4 rings (SSSR count). The number of allylic oxidation sites excluding steroid dienone is 2. The zero-order valence-corrected chi connectivity index (χ0v) is 19.6. The number of hydrogen-bond acceptors (Lipinski definition) is 6. The minimum Gasteiger partial charge on any atom is -0.356 e. The van der Waals surface area contributed by atoms with Crippen molar-refractivity contribution in [1.82, 2.24) is 9.71 Å². The number of halogens is 5. The van der Waals surface area contributed by atoms with Crippen LogP contribution in [0.2, 0.25) is 5.02 Å². The van der Waals surface area contributed by atoms with E-state index >= 15 is 4.39 Å². The summed E-state index contributed by atoms with van der Waals surface area (Å²) in [6, 6.07) is 0.857. The lowest BCUT2D eigenvalue weighted by molar-refractivity contribution is -0.160. The smallest absolute Gasteiger partial charge is 0.356 e. The molecule has 1 aliphatic heterocycles. The van der Waals surface area contributed by atoms with E-state index in [9.17, 15) is 26.4 Å². The second-order valence-electron chi connectivity index (χ2n) is 8.79. The van der Waals surface area contributed by atoms with E-state index in [0.717, 1.165) is 43.0 Å². The third-order valence-corrected chi connectivity index (χ3v) is 6.74. The Labute approximate surface area is 198 Å². The average molecular weight is 524 g/mol. The molecular formula is C21H22ClF4N3O4S. The molecule has 0 radical (unpaired) electrons. The molecule has 7 nitrogen and oxygen atoms in total. The summed E-state index contributed by atoms with van der Waals surface area (Å²) in [5.74, 6) is -5.03. The molecule has 2 heterocycles. The number of anilines is 1. The number of hydrogen-bond donors (Lipinski definition) is 1. The van der Waals surface area contributed by atoms with Crippen LogP contribution in [0.5, 0.6) is 0 Å². The fourth-order valence-corrected chi connectivity index (χ4v) is 4.63. The molecule has 13 heteroatoms. The molecule has 2 atom stereocenters. The minimum absolute atomic E-state index is 0.0860. The van der Waals surface area contributed by atoms with Gasteiger partial charge in [0.25, 0.3) is 0 Å². The number of sulfonamides is 1. The van der Waals surface area contributed by atoms with Gasteiger partial charge in [-0.15, -0.1) is 0 Å². The second kappa shape index (κ2) is 8.80. The molecule has 1 N–H and O–H groups in total. The average Bonchev–Trinajstić information content (AvgIpc) is 3.51. The first kappa shape index (κ1) is 24.9. The van der Waals surface area contributed by atoms with E-state index < -0.39 is 44.5 Å². The predicted molar refractivity (Wildman–Crippen MR) is 116 cm³/mol. The van der Waals surface area contributed by atoms with Gasteiger partial charge in [0.1, 0.15) is 11.7 Å². The predicted octanol–water partition coefficient (Wildman–Crippen LogP) is 3.47. The number of carbonyl (C=O) groups excluding carboxylic acids is 1. The molecule has 0 aromatic carbocycles. The van der Waals surface area contributed by atoms with Crippen molar-refractivity contribution in [3.05, 3.63) is 46.7 Å². The zero-order chi connectivity index (χ0) is 24.9. The lowest BCUT2D eigenvalue weighted by atomic mass is 9.88. The molecule has 0 spiro atoms. The summed E-state index contributed by atoms with van der Waals surface area (Å²) in [6.07, 6.45) is 3.00. The molecule has 2 fully saturated rings. The van der Waals surface area contributed by atoms with Crippen molar-refractivity contribution in [1.29, 1.82) is 0 Å². The van der Waals surface area contributed by atoms with Crippen molar-refractivity contribution < 1.29 is 35.5 Å². The first-order chi connectivity index (χ1) is 15.7. The number of nitrogens with zero attached hydrogens (tertiary/aromatic N) is 2. The van der Waals surface area contributed by atoms with Crippen molar-refractivity contribution >= 4 is 33.3 Å². The van der Waals surface area contributed by atoms with Crippen LogP contribution in [0.3, 0.4) is 0 Å². The second-order valence-corrected chi connectivity index (χ2v) is 10.9. The first-order valence-corrected chi connectivity index (χ1v) is 12.8. The largest absolute Gasteiger partial charge is 0.418 e. The quantitative estimate of drug-likeness (QED) is 0.551. The van der Waals surface area contributed by atoms with E-state index in [2.05, 4.69) is 4.98 Å². The molecule has 34 heavy (non-hydrogen) atoms. The summed E-state index contributed by atoms with van der Waals surface area (Å²) in [5, 5.41) is -0.503. The highest BCUT2D eigenvalue weighted by Gasteiger charge is 2.46. The van der Waals surface area contributed by atoms with Crippen molar-refractivity contribution in [3.8, 4) is 0 Å². The Morgan fingerprint density at radius 2 is 2.03 bits per heavy atom. The maximum absolute atomic E-state index is 15.7. The third kappa shape index (κ3) is 5.55. The molecule has 1 amide bonds. The molecule has 1 aromatic rings. The standard InChI is InChI=1S/C21H22ClF4N3O4S/c1-34(31,32)28-19(30)16-6-14(13-2-3-13)4-5-20(16,23)33-11-12-9-29(10-12)18-7-15(21(24,25)26)17(22)8-27-18/h4-8,12-13,16H,2-3,9-11H2,1H3,(H,28,30). The zero-order valence-electron chi connectivity index (χ0n) is 18.0. The van der Waals surface area contributed by atoms with Gasteiger partial charge in [0, 0.05) is 25.2 Å². The van der Waals surface area contributed by atoms with Crippen LogP contribution in [-0.2, 0) is 25.7 Å². The fourth-order valence-electron chi connectivity index (χ4n) is 3.93. The normalized spacial score (nSPS) is 25.6. The third-order valence-electron chi connectivity index (χ3n) is 5.87. The van der Waals surface area contributed by atoms with E-state index in [1.165, 1.54) is 6.08 Å². The van der Waals surface area contributed by atoms with Gasteiger partial charge in [-0.1, -0.05) is 23.8 Å². The van der Waals surface area contributed by atoms with Crippen molar-refractivity contribution in [2.24, 2.45) is 17.8 Å². The topological polar surface area (TPSA) is 88.6 Å². The van der Waals surface area contributed by atoms with Crippen LogP contribution in [0.25, 0.3) is 0 Å². The lowest BCUT2D eigenvalue weighted by Crippen LogP contribution is -2.52. The summed E-state index contributed by atoms with van der Waals surface area (Å²) < 4.78 is 85.2. The number of aromatic nitrogens is 1. The summed E-state index contributed by atoms with van der Waals surface area (Å²) in [6.45, 7) is 0.385. The Balaban J connectivity index is 1.40. The number of amides is 1. The molecule has 3 aliphatic rings. The van der Waals surface area contributed by atoms with Gasteiger partial charge in [-0.25, -0.2) is 17.8 Å². The Kier molecular flexibility index (Phi) is 6.45. The van der Waals surface area contributed by atoms with E-state index in [-0.39, 0.29) is 37.4 Å². The number of carbonyl (C=O) groups is 1. The van der Waals surface area contributed by atoms with Crippen molar-refractivity contribution in [2.75, 3.05) is 30.9 Å². The van der Waals surface area contributed by atoms with Gasteiger partial charge >= 0.3 is 6.18 Å². The van der Waals surface area contributed by atoms with Crippen molar-refractivity contribution in [3.63, 3.8) is 0 Å². The van der Waals surface area contributed by atoms with E-state index in [1.54, 1.807) is 15.7 Å². The molecule has 0 bridgehead atoms. The molecular weight excluding hydrogens is 502 g/mol. The van der Waals surface area contributed by atoms with Gasteiger partial charge in [0.2, 0.25) is 21.8 Å².